The zero-order valence-corrected chi connectivity index (χ0v) is 18.0. The molecular formula is C21H27NO7S. The number of Topliss-reactive ketones (excluding diaryl/α,β-unsaturated/α-hetero) is 1. The van der Waals surface area contributed by atoms with Gasteiger partial charge in [0.1, 0.15) is 0 Å². The third-order valence-corrected chi connectivity index (χ3v) is 9.89. The Labute approximate surface area is 175 Å². The molecular weight excluding hydrogens is 410 g/mol. The lowest BCUT2D eigenvalue weighted by molar-refractivity contribution is -0.163. The van der Waals surface area contributed by atoms with Crippen LogP contribution >= 0.6 is 0 Å². The molecule has 2 fully saturated rings. The van der Waals surface area contributed by atoms with Gasteiger partial charge in [-0.15, -0.1) is 0 Å². The monoisotopic (exact) mass is 437 g/mol. The van der Waals surface area contributed by atoms with Crippen LogP contribution in [-0.2, 0) is 24.2 Å². The Morgan fingerprint density at radius 2 is 1.67 bits per heavy atom. The van der Waals surface area contributed by atoms with E-state index in [-0.39, 0.29) is 17.7 Å². The van der Waals surface area contributed by atoms with Crippen molar-refractivity contribution in [2.75, 3.05) is 6.54 Å². The highest BCUT2D eigenvalue weighted by molar-refractivity contribution is 7.92. The van der Waals surface area contributed by atoms with Gasteiger partial charge in [0.25, 0.3) is 0 Å². The lowest BCUT2D eigenvalue weighted by Crippen LogP contribution is -2.53. The second kappa shape index (κ2) is 7.16. The van der Waals surface area contributed by atoms with Crippen LogP contribution in [0.5, 0.6) is 0 Å². The Balaban J connectivity index is 2.36. The smallest absolute Gasteiger partial charge is 0.311 e. The van der Waals surface area contributed by atoms with Gasteiger partial charge in [-0.3, -0.25) is 14.4 Å². The molecule has 0 aliphatic heterocycles. The molecule has 2 saturated carbocycles. The minimum atomic E-state index is -4.21. The number of sulfone groups is 1. The fraction of sp³-hybridized carbons (Fsp3) is 0.571. The van der Waals surface area contributed by atoms with Crippen LogP contribution in [0.4, 0.5) is 0 Å². The van der Waals surface area contributed by atoms with Crippen LogP contribution in [0.25, 0.3) is 0 Å². The Bertz CT molecular complexity index is 1020. The lowest BCUT2D eigenvalue weighted by atomic mass is 9.62. The summed E-state index contributed by atoms with van der Waals surface area (Å²) in [7, 11) is -4.21. The molecule has 9 heteroatoms. The highest BCUT2D eigenvalue weighted by atomic mass is 32.2. The zero-order chi connectivity index (χ0) is 22.6. The van der Waals surface area contributed by atoms with E-state index >= 15 is 0 Å². The van der Waals surface area contributed by atoms with E-state index in [0.29, 0.717) is 5.56 Å². The summed E-state index contributed by atoms with van der Waals surface area (Å²) < 4.78 is 27.6. The highest BCUT2D eigenvalue weighted by Crippen LogP contribution is 2.81. The quantitative estimate of drug-likeness (QED) is 0.553. The van der Waals surface area contributed by atoms with Gasteiger partial charge in [0.15, 0.2) is 15.6 Å². The Morgan fingerprint density at radius 3 is 2.10 bits per heavy atom. The predicted molar refractivity (Wildman–Crippen MR) is 107 cm³/mol. The molecule has 0 aromatic heterocycles. The third kappa shape index (κ3) is 2.48. The Hall–Kier alpha value is -2.26. The summed E-state index contributed by atoms with van der Waals surface area (Å²) in [6.45, 7) is 4.33. The largest absolute Gasteiger partial charge is 0.481 e. The van der Waals surface area contributed by atoms with Crippen molar-refractivity contribution in [3.05, 3.63) is 29.8 Å². The molecule has 0 radical (unpaired) electrons. The summed E-state index contributed by atoms with van der Waals surface area (Å²) in [4.78, 5) is 37.7. The van der Waals surface area contributed by atoms with E-state index in [2.05, 4.69) is 0 Å². The SMILES string of the molecule is CCC1(C(=O)O)C(C(=O)CN)C(S(=O)(=O)c2ccccc2C)C2C(C(=O)O)C21CC. The van der Waals surface area contributed by atoms with Gasteiger partial charge in [0.2, 0.25) is 0 Å². The fourth-order valence-electron chi connectivity index (χ4n) is 6.46. The maximum atomic E-state index is 13.8. The van der Waals surface area contributed by atoms with Crippen LogP contribution in [0, 0.1) is 35.5 Å². The van der Waals surface area contributed by atoms with Gasteiger partial charge >= 0.3 is 11.9 Å². The Kier molecular flexibility index (Phi) is 5.35. The summed E-state index contributed by atoms with van der Waals surface area (Å²) in [6, 6.07) is 6.24. The first-order valence-corrected chi connectivity index (χ1v) is 11.5. The second-order valence-electron chi connectivity index (χ2n) is 8.29. The van der Waals surface area contributed by atoms with Crippen molar-refractivity contribution in [3.8, 4) is 0 Å². The van der Waals surface area contributed by atoms with Crippen LogP contribution in [0.2, 0.25) is 0 Å². The number of ketones is 1. The molecule has 0 spiro atoms. The minimum Gasteiger partial charge on any atom is -0.481 e. The molecule has 0 saturated heterocycles. The predicted octanol–water partition coefficient (Wildman–Crippen LogP) is 1.50. The fourth-order valence-corrected chi connectivity index (χ4v) is 9.07. The van der Waals surface area contributed by atoms with Crippen LogP contribution < -0.4 is 5.73 Å². The van der Waals surface area contributed by atoms with Crippen LogP contribution in [0.3, 0.4) is 0 Å². The van der Waals surface area contributed by atoms with E-state index < -0.39 is 67.9 Å². The van der Waals surface area contributed by atoms with Crippen LogP contribution in [-0.4, -0.2) is 48.1 Å². The number of carbonyl (C=O) groups excluding carboxylic acids is 1. The number of aliphatic carboxylic acids is 2. The van der Waals surface area contributed by atoms with E-state index in [1.807, 2.05) is 0 Å². The van der Waals surface area contributed by atoms with Crippen molar-refractivity contribution >= 4 is 27.6 Å². The van der Waals surface area contributed by atoms with E-state index in [1.165, 1.54) is 6.07 Å². The van der Waals surface area contributed by atoms with Crippen molar-refractivity contribution in [1.29, 1.82) is 0 Å². The van der Waals surface area contributed by atoms with Gasteiger partial charge in [-0.2, -0.15) is 0 Å². The summed E-state index contributed by atoms with van der Waals surface area (Å²) in [5.41, 5.74) is 2.90. The van der Waals surface area contributed by atoms with Crippen molar-refractivity contribution in [1.82, 2.24) is 0 Å². The maximum Gasteiger partial charge on any atom is 0.311 e. The van der Waals surface area contributed by atoms with E-state index in [0.717, 1.165) is 0 Å². The van der Waals surface area contributed by atoms with Gasteiger partial charge in [-0.25, -0.2) is 8.42 Å². The summed E-state index contributed by atoms with van der Waals surface area (Å²) in [5.74, 6) is -6.76. The minimum absolute atomic E-state index is 0.0110. The standard InChI is InChI=1S/C21H27NO7S/c1-4-20-15(16(20)18(24)25)17(30(28,29)13-9-7-6-8-11(13)3)14(12(23)10-22)21(20,5-2)19(26)27/h6-9,14-17H,4-5,10,22H2,1-3H3,(H,24,25)(H,26,27). The number of hydrogen-bond donors (Lipinski definition) is 3. The van der Waals surface area contributed by atoms with E-state index in [9.17, 15) is 33.0 Å². The number of hydrogen-bond acceptors (Lipinski definition) is 6. The van der Waals surface area contributed by atoms with Crippen molar-refractivity contribution in [2.24, 2.45) is 34.3 Å². The summed E-state index contributed by atoms with van der Waals surface area (Å²) >= 11 is 0. The number of aryl methyl sites for hydroxylation is 1. The topological polar surface area (TPSA) is 152 Å². The second-order valence-corrected chi connectivity index (χ2v) is 10.4. The molecule has 0 heterocycles. The maximum absolute atomic E-state index is 13.8. The van der Waals surface area contributed by atoms with Crippen LogP contribution in [0.1, 0.15) is 32.3 Å². The first kappa shape index (κ1) is 22.4. The van der Waals surface area contributed by atoms with Crippen molar-refractivity contribution < 1.29 is 33.0 Å². The number of nitrogens with two attached hydrogens (primary N) is 1. The molecule has 2 aliphatic carbocycles. The number of carboxylic acids is 2. The van der Waals surface area contributed by atoms with Gasteiger partial charge in [0.05, 0.1) is 33.9 Å². The number of carboxylic acid groups (broad SMARTS) is 2. The van der Waals surface area contributed by atoms with Gasteiger partial charge < -0.3 is 15.9 Å². The van der Waals surface area contributed by atoms with E-state index in [1.54, 1.807) is 39.0 Å². The molecule has 8 nitrogen and oxygen atoms in total. The van der Waals surface area contributed by atoms with Crippen LogP contribution in [0.15, 0.2) is 29.2 Å². The molecule has 0 amide bonds. The molecule has 30 heavy (non-hydrogen) atoms. The lowest BCUT2D eigenvalue weighted by Gasteiger charge is -2.40. The molecule has 164 valence electrons. The third-order valence-electron chi connectivity index (χ3n) is 7.54. The molecule has 1 aromatic carbocycles. The van der Waals surface area contributed by atoms with Gasteiger partial charge in [-0.05, 0) is 37.3 Å². The number of rotatable bonds is 8. The molecule has 4 N–H and O–H groups in total. The van der Waals surface area contributed by atoms with Crippen molar-refractivity contribution in [3.63, 3.8) is 0 Å². The number of fused-ring (bicyclic) bond motifs is 1. The highest BCUT2D eigenvalue weighted by Gasteiger charge is 2.89. The molecule has 1 aromatic rings. The normalized spacial score (nSPS) is 34.9. The van der Waals surface area contributed by atoms with Crippen molar-refractivity contribution in [2.45, 2.75) is 43.8 Å². The first-order valence-electron chi connectivity index (χ1n) is 9.99. The zero-order valence-electron chi connectivity index (χ0n) is 17.2. The first-order chi connectivity index (χ1) is 14.0. The molecule has 6 atom stereocenters. The van der Waals surface area contributed by atoms with Gasteiger partial charge in [0, 0.05) is 5.41 Å². The average molecular weight is 438 g/mol. The number of carbonyl (C=O) groups is 3. The number of benzene rings is 1. The molecule has 3 rings (SSSR count). The summed E-state index contributed by atoms with van der Waals surface area (Å²) in [6.07, 6.45) is 0.0789. The van der Waals surface area contributed by atoms with Gasteiger partial charge in [-0.1, -0.05) is 32.0 Å². The average Bonchev–Trinajstić information content (AvgIpc) is 3.29. The molecule has 6 unspecified atom stereocenters. The summed E-state index contributed by atoms with van der Waals surface area (Å²) in [5, 5.41) is 18.7. The Morgan fingerprint density at radius 1 is 1.07 bits per heavy atom. The van der Waals surface area contributed by atoms with E-state index in [4.69, 9.17) is 5.73 Å². The molecule has 2 aliphatic rings. The molecule has 0 bridgehead atoms.